The minimum Gasteiger partial charge on any atom is -0.395 e. The second kappa shape index (κ2) is 5.65. The van der Waals surface area contributed by atoms with Crippen LogP contribution in [0.15, 0.2) is 35.0 Å². The molecule has 3 N–H and O–H groups in total. The highest BCUT2D eigenvalue weighted by atomic mass is 16.3. The number of hydrogen-bond acceptors (Lipinski definition) is 6. The summed E-state index contributed by atoms with van der Waals surface area (Å²) in [5, 5.41) is 12.2. The minimum absolute atomic E-state index is 0.0637. The summed E-state index contributed by atoms with van der Waals surface area (Å²) in [5.74, 6) is -1.01. The first-order valence-electron chi connectivity index (χ1n) is 6.95. The second-order valence-electron chi connectivity index (χ2n) is 5.09. The van der Waals surface area contributed by atoms with Crippen LogP contribution in [0, 0.1) is 6.92 Å². The molecule has 0 bridgehead atoms. The monoisotopic (exact) mass is 314 g/mol. The van der Waals surface area contributed by atoms with E-state index in [0.717, 1.165) is 10.5 Å². The Balaban J connectivity index is 2.03. The van der Waals surface area contributed by atoms with Gasteiger partial charge in [-0.3, -0.25) is 19.3 Å². The summed E-state index contributed by atoms with van der Waals surface area (Å²) in [7, 11) is 0. The lowest BCUT2D eigenvalue weighted by atomic mass is 10.1. The number of imide groups is 1. The number of β-amino-alcohol motifs (C(OH)–C–C–N with tert-alkyl or cyclic N) is 1. The minimum atomic E-state index is -0.523. The first-order chi connectivity index (χ1) is 11.0. The molecular formula is C15H14N4O4. The molecule has 8 nitrogen and oxygen atoms in total. The van der Waals surface area contributed by atoms with Gasteiger partial charge in [0.2, 0.25) is 0 Å². The molecule has 1 aliphatic heterocycles. The number of aliphatic hydroxyl groups excluding tert-OH is 1. The number of H-pyrrole nitrogens is 1. The number of rotatable bonds is 4. The number of aromatic nitrogens is 2. The van der Waals surface area contributed by atoms with E-state index in [9.17, 15) is 14.4 Å². The molecule has 0 radical (unpaired) electrons. The van der Waals surface area contributed by atoms with Crippen molar-refractivity contribution in [2.24, 2.45) is 0 Å². The predicted octanol–water partition coefficient (Wildman–Crippen LogP) is -0.112. The van der Waals surface area contributed by atoms with Gasteiger partial charge in [-0.25, -0.2) is 4.98 Å². The van der Waals surface area contributed by atoms with Gasteiger partial charge >= 0.3 is 0 Å². The average molecular weight is 314 g/mol. The molecule has 3 rings (SSSR count). The Hall–Kier alpha value is -3.00. The van der Waals surface area contributed by atoms with Gasteiger partial charge in [0.15, 0.2) is 0 Å². The number of nitrogens with one attached hydrogen (secondary N) is 2. The van der Waals surface area contributed by atoms with Crippen molar-refractivity contribution in [2.75, 3.05) is 18.5 Å². The number of aromatic amines is 1. The smallest absolute Gasteiger partial charge is 0.277 e. The maximum absolute atomic E-state index is 12.2. The van der Waals surface area contributed by atoms with E-state index in [1.54, 1.807) is 19.1 Å². The number of hydrogen-bond donors (Lipinski definition) is 3. The second-order valence-corrected chi connectivity index (χ2v) is 5.09. The highest BCUT2D eigenvalue weighted by Crippen LogP contribution is 2.26. The van der Waals surface area contributed by atoms with Crippen molar-refractivity contribution in [3.05, 3.63) is 46.2 Å². The van der Waals surface area contributed by atoms with Crippen molar-refractivity contribution < 1.29 is 14.7 Å². The molecule has 1 aliphatic rings. The van der Waals surface area contributed by atoms with Crippen LogP contribution >= 0.6 is 0 Å². The first kappa shape index (κ1) is 14.9. The van der Waals surface area contributed by atoms with Crippen molar-refractivity contribution in [1.29, 1.82) is 0 Å². The van der Waals surface area contributed by atoms with E-state index in [2.05, 4.69) is 15.3 Å². The van der Waals surface area contributed by atoms with Gasteiger partial charge in [-0.05, 0) is 18.6 Å². The number of aliphatic hydroxyl groups is 1. The van der Waals surface area contributed by atoms with Crippen LogP contribution in [0.2, 0.25) is 0 Å². The number of anilines is 1. The summed E-state index contributed by atoms with van der Waals surface area (Å²) in [6.45, 7) is 1.44. The molecule has 0 aliphatic carbocycles. The SMILES string of the molecule is Cc1ccc2c(=O)[nH]cnc2c1NC1=CC(=O)N(CCO)C1=O. The molecule has 2 aromatic rings. The number of fused-ring (bicyclic) bond motifs is 1. The maximum Gasteiger partial charge on any atom is 0.277 e. The van der Waals surface area contributed by atoms with Gasteiger partial charge in [0.25, 0.3) is 17.4 Å². The highest BCUT2D eigenvalue weighted by molar-refractivity contribution is 6.18. The van der Waals surface area contributed by atoms with Gasteiger partial charge in [-0.2, -0.15) is 0 Å². The van der Waals surface area contributed by atoms with Gasteiger partial charge in [-0.15, -0.1) is 0 Å². The summed E-state index contributed by atoms with van der Waals surface area (Å²) in [4.78, 5) is 43.4. The largest absolute Gasteiger partial charge is 0.395 e. The predicted molar refractivity (Wildman–Crippen MR) is 82.6 cm³/mol. The van der Waals surface area contributed by atoms with E-state index >= 15 is 0 Å². The standard InChI is InChI=1S/C15H14N4O4/c1-8-2-3-9-13(16-7-17-14(9)22)12(8)18-10-6-11(21)19(4-5-20)15(10)23/h2-3,6-7,18,20H,4-5H2,1H3,(H,16,17,22). The van der Waals surface area contributed by atoms with Crippen molar-refractivity contribution >= 4 is 28.4 Å². The lowest BCUT2D eigenvalue weighted by molar-refractivity contribution is -0.137. The van der Waals surface area contributed by atoms with Gasteiger partial charge in [0, 0.05) is 6.08 Å². The van der Waals surface area contributed by atoms with Gasteiger partial charge in [0.1, 0.15) is 11.2 Å². The lowest BCUT2D eigenvalue weighted by Gasteiger charge is -2.15. The van der Waals surface area contributed by atoms with Crippen LogP contribution in [0.5, 0.6) is 0 Å². The van der Waals surface area contributed by atoms with E-state index in [-0.39, 0.29) is 24.4 Å². The van der Waals surface area contributed by atoms with Crippen LogP contribution in [0.1, 0.15) is 5.56 Å². The fourth-order valence-electron chi connectivity index (χ4n) is 2.44. The number of aryl methyl sites for hydroxylation is 1. The summed E-state index contributed by atoms with van der Waals surface area (Å²) >= 11 is 0. The van der Waals surface area contributed by atoms with Crippen LogP contribution in [0.3, 0.4) is 0 Å². The van der Waals surface area contributed by atoms with E-state index < -0.39 is 11.8 Å². The Morgan fingerprint density at radius 3 is 2.83 bits per heavy atom. The molecule has 0 saturated carbocycles. The molecule has 2 heterocycles. The molecule has 1 aromatic heterocycles. The van der Waals surface area contributed by atoms with Gasteiger partial charge < -0.3 is 15.4 Å². The quantitative estimate of drug-likeness (QED) is 0.678. The van der Waals surface area contributed by atoms with E-state index in [4.69, 9.17) is 5.11 Å². The number of benzene rings is 1. The van der Waals surface area contributed by atoms with Crippen LogP contribution in [-0.4, -0.2) is 44.9 Å². The van der Waals surface area contributed by atoms with E-state index in [1.807, 2.05) is 0 Å². The molecule has 1 aromatic carbocycles. The number of carbonyl (C=O) groups excluding carboxylic acids is 2. The molecular weight excluding hydrogens is 300 g/mol. The molecule has 23 heavy (non-hydrogen) atoms. The zero-order valence-electron chi connectivity index (χ0n) is 12.3. The summed E-state index contributed by atoms with van der Waals surface area (Å²) in [6.07, 6.45) is 2.45. The van der Waals surface area contributed by atoms with Crippen molar-refractivity contribution in [3.8, 4) is 0 Å². The Morgan fingerprint density at radius 1 is 1.30 bits per heavy atom. The molecule has 118 valence electrons. The first-order valence-corrected chi connectivity index (χ1v) is 6.95. The third-order valence-electron chi connectivity index (χ3n) is 3.61. The zero-order chi connectivity index (χ0) is 16.6. The van der Waals surface area contributed by atoms with E-state index in [0.29, 0.717) is 16.6 Å². The molecule has 0 spiro atoms. The zero-order valence-corrected chi connectivity index (χ0v) is 12.3. The van der Waals surface area contributed by atoms with Crippen LogP contribution in [0.4, 0.5) is 5.69 Å². The van der Waals surface area contributed by atoms with Crippen LogP contribution in [0.25, 0.3) is 10.9 Å². The van der Waals surface area contributed by atoms with E-state index in [1.165, 1.54) is 12.4 Å². The van der Waals surface area contributed by atoms with Crippen molar-refractivity contribution in [3.63, 3.8) is 0 Å². The average Bonchev–Trinajstić information content (AvgIpc) is 2.78. The summed E-state index contributed by atoms with van der Waals surface area (Å²) in [6, 6.07) is 3.38. The fourth-order valence-corrected chi connectivity index (χ4v) is 2.44. The molecule has 0 fully saturated rings. The number of amides is 2. The summed E-state index contributed by atoms with van der Waals surface area (Å²) in [5.41, 5.74) is 1.48. The normalized spacial score (nSPS) is 14.5. The number of nitrogens with zero attached hydrogens (tertiary/aromatic N) is 2. The Morgan fingerprint density at radius 2 is 2.09 bits per heavy atom. The van der Waals surface area contributed by atoms with Gasteiger partial charge in [-0.1, -0.05) is 6.07 Å². The molecule has 0 saturated heterocycles. The third-order valence-corrected chi connectivity index (χ3v) is 3.61. The maximum atomic E-state index is 12.2. The third kappa shape index (κ3) is 2.49. The lowest BCUT2D eigenvalue weighted by Crippen LogP contribution is -2.34. The Bertz CT molecular complexity index is 900. The molecule has 0 atom stereocenters. The van der Waals surface area contributed by atoms with Crippen molar-refractivity contribution in [2.45, 2.75) is 6.92 Å². The topological polar surface area (TPSA) is 115 Å². The Kier molecular flexibility index (Phi) is 3.67. The summed E-state index contributed by atoms with van der Waals surface area (Å²) < 4.78 is 0. The van der Waals surface area contributed by atoms with Crippen LogP contribution in [-0.2, 0) is 9.59 Å². The van der Waals surface area contributed by atoms with Crippen LogP contribution < -0.4 is 10.9 Å². The molecule has 0 unspecified atom stereocenters. The number of carbonyl (C=O) groups is 2. The fraction of sp³-hybridized carbons (Fsp3) is 0.200. The van der Waals surface area contributed by atoms with Gasteiger partial charge in [0.05, 0.1) is 30.6 Å². The molecule has 2 amide bonds. The highest BCUT2D eigenvalue weighted by Gasteiger charge is 2.31. The Labute approximate surface area is 130 Å². The molecule has 8 heteroatoms. The van der Waals surface area contributed by atoms with Crippen molar-refractivity contribution in [1.82, 2.24) is 14.9 Å².